The minimum absolute atomic E-state index is 0.0392. The molecule has 0 bridgehead atoms. The summed E-state index contributed by atoms with van der Waals surface area (Å²) < 4.78 is 25.8. The van der Waals surface area contributed by atoms with Gasteiger partial charge in [-0.3, -0.25) is 4.79 Å². The first-order valence-electron chi connectivity index (χ1n) is 5.67. The molecule has 1 N–H and O–H groups in total. The van der Waals surface area contributed by atoms with Crippen molar-refractivity contribution in [2.75, 3.05) is 26.7 Å². The Morgan fingerprint density at radius 3 is 2.72 bits per heavy atom. The summed E-state index contributed by atoms with van der Waals surface area (Å²) in [7, 11) is -1.97. The third-order valence-electron chi connectivity index (χ3n) is 2.94. The molecule has 1 saturated heterocycles. The van der Waals surface area contributed by atoms with E-state index >= 15 is 0 Å². The molecule has 7 nitrogen and oxygen atoms in total. The number of nitrogens with zero attached hydrogens (tertiary/aromatic N) is 3. The van der Waals surface area contributed by atoms with Gasteiger partial charge in [-0.25, -0.2) is 13.4 Å². The SMILES string of the molecule is Cc1ncc(S(=O)(=O)N2CCCN(C)C(=O)C2)[nH]1. The maximum atomic E-state index is 12.3. The number of likely N-dealkylation sites (N-methyl/N-ethyl adjacent to an activating group) is 1. The van der Waals surface area contributed by atoms with Crippen molar-refractivity contribution in [3.05, 3.63) is 12.0 Å². The number of carbonyl (C=O) groups is 1. The van der Waals surface area contributed by atoms with Gasteiger partial charge in [0.1, 0.15) is 5.82 Å². The van der Waals surface area contributed by atoms with Crippen LogP contribution in [0.5, 0.6) is 0 Å². The van der Waals surface area contributed by atoms with Gasteiger partial charge in [0.15, 0.2) is 5.03 Å². The molecule has 0 aromatic carbocycles. The van der Waals surface area contributed by atoms with E-state index < -0.39 is 10.0 Å². The highest BCUT2D eigenvalue weighted by Gasteiger charge is 2.30. The summed E-state index contributed by atoms with van der Waals surface area (Å²) in [5, 5.41) is 0.0392. The van der Waals surface area contributed by atoms with Crippen LogP contribution in [0.15, 0.2) is 11.2 Å². The Labute approximate surface area is 106 Å². The normalized spacial score (nSPS) is 19.0. The number of imidazole rings is 1. The van der Waals surface area contributed by atoms with Crippen molar-refractivity contribution in [2.45, 2.75) is 18.4 Å². The average molecular weight is 272 g/mol. The summed E-state index contributed by atoms with van der Waals surface area (Å²) in [5.74, 6) is 0.346. The number of aromatic amines is 1. The van der Waals surface area contributed by atoms with Crippen LogP contribution in [0.25, 0.3) is 0 Å². The number of rotatable bonds is 2. The molecule has 0 aliphatic carbocycles. The molecule has 1 aliphatic rings. The van der Waals surface area contributed by atoms with E-state index in [1.165, 1.54) is 10.5 Å². The number of hydrogen-bond acceptors (Lipinski definition) is 4. The molecule has 1 fully saturated rings. The first-order valence-corrected chi connectivity index (χ1v) is 7.11. The van der Waals surface area contributed by atoms with Gasteiger partial charge in [0.25, 0.3) is 10.0 Å². The Morgan fingerprint density at radius 1 is 1.39 bits per heavy atom. The van der Waals surface area contributed by atoms with Crippen LogP contribution >= 0.6 is 0 Å². The molecule has 2 rings (SSSR count). The van der Waals surface area contributed by atoms with Gasteiger partial charge in [-0.15, -0.1) is 0 Å². The van der Waals surface area contributed by atoms with Gasteiger partial charge in [-0.1, -0.05) is 0 Å². The van der Waals surface area contributed by atoms with E-state index in [4.69, 9.17) is 0 Å². The summed E-state index contributed by atoms with van der Waals surface area (Å²) in [5.41, 5.74) is 0. The number of amides is 1. The molecule has 1 amide bonds. The number of H-pyrrole nitrogens is 1. The van der Waals surface area contributed by atoms with Crippen molar-refractivity contribution < 1.29 is 13.2 Å². The second-order valence-corrected chi connectivity index (χ2v) is 6.25. The lowest BCUT2D eigenvalue weighted by Crippen LogP contribution is -2.38. The van der Waals surface area contributed by atoms with Crippen LogP contribution in [0.1, 0.15) is 12.2 Å². The molecule has 2 heterocycles. The third kappa shape index (κ3) is 2.39. The van der Waals surface area contributed by atoms with Crippen LogP contribution in [0, 0.1) is 6.92 Å². The maximum Gasteiger partial charge on any atom is 0.260 e. The topological polar surface area (TPSA) is 86.4 Å². The summed E-state index contributed by atoms with van der Waals surface area (Å²) in [6, 6.07) is 0. The molecule has 18 heavy (non-hydrogen) atoms. The van der Waals surface area contributed by atoms with Gasteiger partial charge < -0.3 is 9.88 Å². The van der Waals surface area contributed by atoms with Crippen molar-refractivity contribution in [3.8, 4) is 0 Å². The Kier molecular flexibility index (Phi) is 3.40. The van der Waals surface area contributed by atoms with E-state index in [2.05, 4.69) is 9.97 Å². The quantitative estimate of drug-likeness (QED) is 0.791. The molecule has 1 aromatic rings. The van der Waals surface area contributed by atoms with Gasteiger partial charge in [0.2, 0.25) is 5.91 Å². The van der Waals surface area contributed by atoms with E-state index in [0.717, 1.165) is 0 Å². The average Bonchev–Trinajstić information content (AvgIpc) is 2.67. The van der Waals surface area contributed by atoms with Gasteiger partial charge in [-0.05, 0) is 13.3 Å². The van der Waals surface area contributed by atoms with E-state index in [1.54, 1.807) is 18.9 Å². The Morgan fingerprint density at radius 2 is 2.11 bits per heavy atom. The minimum atomic E-state index is -3.65. The van der Waals surface area contributed by atoms with Crippen LogP contribution in [0.4, 0.5) is 0 Å². The number of hydrogen-bond donors (Lipinski definition) is 1. The van der Waals surface area contributed by atoms with Crippen LogP contribution in [0.2, 0.25) is 0 Å². The number of aryl methyl sites for hydroxylation is 1. The molecule has 100 valence electrons. The molecule has 0 unspecified atom stereocenters. The molecule has 1 aliphatic heterocycles. The lowest BCUT2D eigenvalue weighted by Gasteiger charge is -2.18. The van der Waals surface area contributed by atoms with Crippen molar-refractivity contribution in [2.24, 2.45) is 0 Å². The number of carbonyl (C=O) groups excluding carboxylic acids is 1. The first kappa shape index (κ1) is 13.0. The van der Waals surface area contributed by atoms with Crippen molar-refractivity contribution in [3.63, 3.8) is 0 Å². The summed E-state index contributed by atoms with van der Waals surface area (Å²) in [4.78, 5) is 19.8. The molecule has 0 spiro atoms. The molecular weight excluding hydrogens is 256 g/mol. The Bertz CT molecular complexity index is 551. The second kappa shape index (κ2) is 4.69. The molecule has 1 aromatic heterocycles. The molecule has 0 saturated carbocycles. The lowest BCUT2D eigenvalue weighted by atomic mass is 10.4. The van der Waals surface area contributed by atoms with Gasteiger partial charge in [-0.2, -0.15) is 4.31 Å². The zero-order valence-electron chi connectivity index (χ0n) is 10.4. The highest BCUT2D eigenvalue weighted by molar-refractivity contribution is 7.89. The molecular formula is C10H16N4O3S. The van der Waals surface area contributed by atoms with Crippen LogP contribution in [-0.4, -0.2) is 60.2 Å². The fourth-order valence-corrected chi connectivity index (χ4v) is 3.22. The summed E-state index contributed by atoms with van der Waals surface area (Å²) in [6.07, 6.45) is 1.92. The largest absolute Gasteiger partial charge is 0.345 e. The van der Waals surface area contributed by atoms with E-state index in [0.29, 0.717) is 25.3 Å². The van der Waals surface area contributed by atoms with Crippen molar-refractivity contribution in [1.82, 2.24) is 19.2 Å². The molecule has 0 atom stereocenters. The Hall–Kier alpha value is -1.41. The predicted molar refractivity (Wildman–Crippen MR) is 64.3 cm³/mol. The fourth-order valence-electron chi connectivity index (χ4n) is 1.83. The van der Waals surface area contributed by atoms with Gasteiger partial charge >= 0.3 is 0 Å². The first-order chi connectivity index (χ1) is 8.41. The maximum absolute atomic E-state index is 12.3. The van der Waals surface area contributed by atoms with E-state index in [9.17, 15) is 13.2 Å². The summed E-state index contributed by atoms with van der Waals surface area (Å²) in [6.45, 7) is 2.49. The van der Waals surface area contributed by atoms with Crippen molar-refractivity contribution in [1.29, 1.82) is 0 Å². The van der Waals surface area contributed by atoms with Crippen molar-refractivity contribution >= 4 is 15.9 Å². The van der Waals surface area contributed by atoms with Crippen LogP contribution < -0.4 is 0 Å². The minimum Gasteiger partial charge on any atom is -0.345 e. The standard InChI is InChI=1S/C10H16N4O3S/c1-8-11-6-9(12-8)18(16,17)14-5-3-4-13(2)10(15)7-14/h6H,3-5,7H2,1-2H3,(H,11,12). The molecule has 0 radical (unpaired) electrons. The van der Waals surface area contributed by atoms with Gasteiger partial charge in [0, 0.05) is 20.1 Å². The second-order valence-electron chi connectivity index (χ2n) is 4.34. The number of aromatic nitrogens is 2. The lowest BCUT2D eigenvalue weighted by molar-refractivity contribution is -0.129. The highest BCUT2D eigenvalue weighted by Crippen LogP contribution is 2.15. The van der Waals surface area contributed by atoms with E-state index in [1.807, 2.05) is 0 Å². The van der Waals surface area contributed by atoms with Gasteiger partial charge in [0.05, 0.1) is 12.7 Å². The monoisotopic (exact) mass is 272 g/mol. The number of sulfonamides is 1. The smallest absolute Gasteiger partial charge is 0.260 e. The van der Waals surface area contributed by atoms with E-state index in [-0.39, 0.29) is 17.5 Å². The number of nitrogens with one attached hydrogen (secondary N) is 1. The van der Waals surface area contributed by atoms with Crippen LogP contribution in [-0.2, 0) is 14.8 Å². The Balaban J connectivity index is 2.27. The molecule has 8 heteroatoms. The zero-order chi connectivity index (χ0) is 13.3. The third-order valence-corrected chi connectivity index (χ3v) is 4.69. The van der Waals surface area contributed by atoms with Crippen LogP contribution in [0.3, 0.4) is 0 Å². The predicted octanol–water partition coefficient (Wildman–Crippen LogP) is -0.429. The fraction of sp³-hybridized carbons (Fsp3) is 0.600. The summed E-state index contributed by atoms with van der Waals surface area (Å²) >= 11 is 0. The highest BCUT2D eigenvalue weighted by atomic mass is 32.2. The zero-order valence-corrected chi connectivity index (χ0v) is 11.2.